The fraction of sp³-hybridized carbons (Fsp3) is 0.357. The lowest BCUT2D eigenvalue weighted by Gasteiger charge is -2.20. The Balaban J connectivity index is 2.49. The van der Waals surface area contributed by atoms with Gasteiger partial charge in [-0.05, 0) is 24.2 Å². The third-order valence-corrected chi connectivity index (χ3v) is 3.43. The van der Waals surface area contributed by atoms with Crippen molar-refractivity contribution in [1.82, 2.24) is 15.1 Å². The summed E-state index contributed by atoms with van der Waals surface area (Å²) in [6, 6.07) is 4.57. The first-order valence-corrected chi connectivity index (χ1v) is 6.70. The standard InChI is InChI=1S/C14H17ClFN3O/c1-4-17-13(9-5-6-10(15)11(16)7-9)14-12(20-3)8-18-19(14)2/h5-8,13,17H,4H2,1-3H3. The molecule has 1 heterocycles. The maximum atomic E-state index is 13.7. The van der Waals surface area contributed by atoms with Crippen molar-refractivity contribution in [3.8, 4) is 5.75 Å². The number of nitrogens with one attached hydrogen (secondary N) is 1. The minimum absolute atomic E-state index is 0.112. The van der Waals surface area contributed by atoms with E-state index in [1.807, 2.05) is 14.0 Å². The SMILES string of the molecule is CCNC(c1ccc(Cl)c(F)c1)c1c(OC)cnn1C. The highest BCUT2D eigenvalue weighted by Gasteiger charge is 2.22. The van der Waals surface area contributed by atoms with Crippen LogP contribution in [0.2, 0.25) is 5.02 Å². The zero-order valence-electron chi connectivity index (χ0n) is 11.7. The van der Waals surface area contributed by atoms with Gasteiger partial charge in [-0.2, -0.15) is 5.10 Å². The maximum absolute atomic E-state index is 13.7. The largest absolute Gasteiger partial charge is 0.493 e. The minimum Gasteiger partial charge on any atom is -0.493 e. The van der Waals surface area contributed by atoms with Crippen LogP contribution in [0.25, 0.3) is 0 Å². The van der Waals surface area contributed by atoms with Gasteiger partial charge in [0.2, 0.25) is 0 Å². The zero-order valence-corrected chi connectivity index (χ0v) is 12.4. The average Bonchev–Trinajstić information content (AvgIpc) is 2.80. The number of aryl methyl sites for hydroxylation is 1. The number of halogens is 2. The van der Waals surface area contributed by atoms with Gasteiger partial charge in [0, 0.05) is 7.05 Å². The number of aromatic nitrogens is 2. The molecule has 0 aliphatic carbocycles. The molecule has 0 aliphatic heterocycles. The Labute approximate surface area is 122 Å². The number of ether oxygens (including phenoxy) is 1. The molecular weight excluding hydrogens is 281 g/mol. The van der Waals surface area contributed by atoms with Crippen LogP contribution in [-0.4, -0.2) is 23.4 Å². The summed E-state index contributed by atoms with van der Waals surface area (Å²) in [6.45, 7) is 2.71. The third kappa shape index (κ3) is 2.78. The Morgan fingerprint density at radius 2 is 2.25 bits per heavy atom. The summed E-state index contributed by atoms with van der Waals surface area (Å²) in [5.74, 6) is 0.224. The topological polar surface area (TPSA) is 39.1 Å². The highest BCUT2D eigenvalue weighted by atomic mass is 35.5. The van der Waals surface area contributed by atoms with Crippen LogP contribution in [0.3, 0.4) is 0 Å². The van der Waals surface area contributed by atoms with Crippen molar-refractivity contribution in [2.75, 3.05) is 13.7 Å². The third-order valence-electron chi connectivity index (χ3n) is 3.13. The molecule has 0 amide bonds. The van der Waals surface area contributed by atoms with E-state index in [0.717, 1.165) is 17.8 Å². The van der Waals surface area contributed by atoms with Crippen molar-refractivity contribution >= 4 is 11.6 Å². The van der Waals surface area contributed by atoms with Gasteiger partial charge in [0.15, 0.2) is 5.75 Å². The van der Waals surface area contributed by atoms with Crippen LogP contribution < -0.4 is 10.1 Å². The van der Waals surface area contributed by atoms with Gasteiger partial charge >= 0.3 is 0 Å². The second-order valence-corrected chi connectivity index (χ2v) is 4.79. The van der Waals surface area contributed by atoms with Gasteiger partial charge in [0.1, 0.15) is 11.5 Å². The lowest BCUT2D eigenvalue weighted by molar-refractivity contribution is 0.401. The van der Waals surface area contributed by atoms with Crippen LogP contribution in [0.15, 0.2) is 24.4 Å². The van der Waals surface area contributed by atoms with E-state index in [1.165, 1.54) is 6.07 Å². The zero-order chi connectivity index (χ0) is 14.7. The fourth-order valence-corrected chi connectivity index (χ4v) is 2.30. The van der Waals surface area contributed by atoms with Gasteiger partial charge in [-0.15, -0.1) is 0 Å². The molecule has 1 aromatic heterocycles. The summed E-state index contributed by atoms with van der Waals surface area (Å²) in [7, 11) is 3.42. The number of hydrogen-bond acceptors (Lipinski definition) is 3. The molecule has 0 bridgehead atoms. The van der Waals surface area contributed by atoms with Crippen LogP contribution >= 0.6 is 11.6 Å². The molecule has 1 unspecified atom stereocenters. The lowest BCUT2D eigenvalue weighted by Crippen LogP contribution is -2.24. The number of hydrogen-bond donors (Lipinski definition) is 1. The van der Waals surface area contributed by atoms with Crippen LogP contribution in [0.5, 0.6) is 5.75 Å². The second-order valence-electron chi connectivity index (χ2n) is 4.39. The number of nitrogens with zero attached hydrogens (tertiary/aromatic N) is 2. The Kier molecular flexibility index (Phi) is 4.62. The van der Waals surface area contributed by atoms with E-state index in [9.17, 15) is 4.39 Å². The van der Waals surface area contributed by atoms with Crippen molar-refractivity contribution < 1.29 is 9.13 Å². The van der Waals surface area contributed by atoms with Crippen LogP contribution in [0.1, 0.15) is 24.2 Å². The van der Waals surface area contributed by atoms with Crippen molar-refractivity contribution in [3.63, 3.8) is 0 Å². The van der Waals surface area contributed by atoms with Crippen molar-refractivity contribution in [2.24, 2.45) is 7.05 Å². The molecule has 1 N–H and O–H groups in total. The predicted molar refractivity (Wildman–Crippen MR) is 76.7 cm³/mol. The first kappa shape index (κ1) is 14.8. The summed E-state index contributed by atoms with van der Waals surface area (Å²) in [5.41, 5.74) is 1.62. The molecule has 1 aromatic carbocycles. The quantitative estimate of drug-likeness (QED) is 0.922. The Morgan fingerprint density at radius 1 is 1.50 bits per heavy atom. The summed E-state index contributed by atoms with van der Waals surface area (Å²) in [4.78, 5) is 0. The molecular formula is C14H17ClFN3O. The summed E-state index contributed by atoms with van der Waals surface area (Å²) in [5, 5.41) is 7.61. The molecule has 4 nitrogen and oxygen atoms in total. The molecule has 108 valence electrons. The minimum atomic E-state index is -0.437. The van der Waals surface area contributed by atoms with Crippen molar-refractivity contribution in [2.45, 2.75) is 13.0 Å². The van der Waals surface area contributed by atoms with E-state index in [2.05, 4.69) is 10.4 Å². The van der Waals surface area contributed by atoms with E-state index in [0.29, 0.717) is 5.75 Å². The fourth-order valence-electron chi connectivity index (χ4n) is 2.18. The van der Waals surface area contributed by atoms with Crippen molar-refractivity contribution in [3.05, 3.63) is 46.5 Å². The normalized spacial score (nSPS) is 12.4. The highest BCUT2D eigenvalue weighted by molar-refractivity contribution is 6.30. The molecule has 2 aromatic rings. The summed E-state index contributed by atoms with van der Waals surface area (Å²) < 4.78 is 20.7. The summed E-state index contributed by atoms with van der Waals surface area (Å²) >= 11 is 5.74. The predicted octanol–water partition coefficient (Wildman–Crippen LogP) is 2.92. The van der Waals surface area contributed by atoms with Gasteiger partial charge in [0.05, 0.1) is 24.4 Å². The molecule has 0 spiro atoms. The molecule has 1 atom stereocenters. The van der Waals surface area contributed by atoms with E-state index in [4.69, 9.17) is 16.3 Å². The van der Waals surface area contributed by atoms with Crippen LogP contribution in [-0.2, 0) is 7.05 Å². The molecule has 0 aliphatic rings. The van der Waals surface area contributed by atoms with Crippen molar-refractivity contribution in [1.29, 1.82) is 0 Å². The molecule has 0 saturated heterocycles. The second kappa shape index (κ2) is 6.24. The first-order valence-electron chi connectivity index (χ1n) is 6.32. The van der Waals surface area contributed by atoms with Gasteiger partial charge in [-0.3, -0.25) is 4.68 Å². The van der Waals surface area contributed by atoms with Gasteiger partial charge in [-0.1, -0.05) is 24.6 Å². The number of benzene rings is 1. The lowest BCUT2D eigenvalue weighted by atomic mass is 10.0. The Morgan fingerprint density at radius 3 is 2.85 bits per heavy atom. The number of rotatable bonds is 5. The van der Waals surface area contributed by atoms with Gasteiger partial charge in [-0.25, -0.2) is 4.39 Å². The van der Waals surface area contributed by atoms with Gasteiger partial charge in [0.25, 0.3) is 0 Å². The average molecular weight is 298 g/mol. The maximum Gasteiger partial charge on any atom is 0.161 e. The first-order chi connectivity index (χ1) is 9.58. The monoisotopic (exact) mass is 297 g/mol. The molecule has 6 heteroatoms. The smallest absolute Gasteiger partial charge is 0.161 e. The van der Waals surface area contributed by atoms with Gasteiger partial charge < -0.3 is 10.1 Å². The Hall–Kier alpha value is -1.59. The van der Waals surface area contributed by atoms with E-state index in [1.54, 1.807) is 30.1 Å². The molecule has 2 rings (SSSR count). The Bertz CT molecular complexity index is 600. The molecule has 20 heavy (non-hydrogen) atoms. The number of methoxy groups -OCH3 is 1. The van der Waals surface area contributed by atoms with Crippen LogP contribution in [0.4, 0.5) is 4.39 Å². The van der Waals surface area contributed by atoms with E-state index >= 15 is 0 Å². The van der Waals surface area contributed by atoms with E-state index < -0.39 is 5.82 Å². The highest BCUT2D eigenvalue weighted by Crippen LogP contribution is 2.30. The van der Waals surface area contributed by atoms with Crippen LogP contribution in [0, 0.1) is 5.82 Å². The molecule has 0 saturated carbocycles. The molecule has 0 fully saturated rings. The molecule has 0 radical (unpaired) electrons. The van der Waals surface area contributed by atoms with E-state index in [-0.39, 0.29) is 11.1 Å². The summed E-state index contributed by atoms with van der Waals surface area (Å²) in [6.07, 6.45) is 1.64.